The molecule has 0 radical (unpaired) electrons. The van der Waals surface area contributed by atoms with E-state index in [1.54, 1.807) is 34.9 Å². The molecule has 1 aromatic carbocycles. The van der Waals surface area contributed by atoms with Crippen LogP contribution in [0.2, 0.25) is 0 Å². The molecule has 2 aliphatic heterocycles. The van der Waals surface area contributed by atoms with E-state index >= 15 is 0 Å². The zero-order valence-electron chi connectivity index (χ0n) is 25.0. The molecule has 1 saturated heterocycles. The summed E-state index contributed by atoms with van der Waals surface area (Å²) in [6.07, 6.45) is 7.65. The first-order valence-corrected chi connectivity index (χ1v) is 15.0. The lowest BCUT2D eigenvalue weighted by Crippen LogP contribution is -2.34. The summed E-state index contributed by atoms with van der Waals surface area (Å²) in [5.74, 6) is 0.604. The quantitative estimate of drug-likeness (QED) is 0.237. The number of methoxy groups -OCH3 is 1. The van der Waals surface area contributed by atoms with Gasteiger partial charge in [-0.15, -0.1) is 0 Å². The second-order valence-corrected chi connectivity index (χ2v) is 10.9. The van der Waals surface area contributed by atoms with Gasteiger partial charge in [0.15, 0.2) is 11.3 Å². The normalized spacial score (nSPS) is 16.3. The van der Waals surface area contributed by atoms with Crippen molar-refractivity contribution in [2.24, 2.45) is 5.92 Å². The molecule has 1 fully saturated rings. The first-order chi connectivity index (χ1) is 22.0. The molecule has 232 valence electrons. The number of pyridine rings is 1. The van der Waals surface area contributed by atoms with E-state index in [4.69, 9.17) is 24.3 Å². The summed E-state index contributed by atoms with van der Waals surface area (Å²) in [5, 5.41) is 16.1. The van der Waals surface area contributed by atoms with Crippen LogP contribution in [0.15, 0.2) is 49.1 Å². The molecular weight excluding hydrogens is 578 g/mol. The van der Waals surface area contributed by atoms with Gasteiger partial charge in [0.2, 0.25) is 0 Å². The molecule has 1 amide bonds. The third kappa shape index (κ3) is 5.37. The van der Waals surface area contributed by atoms with Crippen LogP contribution in [0.5, 0.6) is 11.5 Å². The van der Waals surface area contributed by atoms with Gasteiger partial charge < -0.3 is 29.7 Å². The Kier molecular flexibility index (Phi) is 7.63. The average Bonchev–Trinajstić information content (AvgIpc) is 3.81. The molecule has 14 heteroatoms. The lowest BCUT2D eigenvalue weighted by Gasteiger charge is -2.21. The summed E-state index contributed by atoms with van der Waals surface area (Å²) < 4.78 is 20.2. The number of hydrogen-bond donors (Lipinski definition) is 2. The van der Waals surface area contributed by atoms with Crippen LogP contribution in [0.3, 0.4) is 0 Å². The number of anilines is 1. The van der Waals surface area contributed by atoms with Gasteiger partial charge in [-0.2, -0.15) is 10.2 Å². The van der Waals surface area contributed by atoms with Gasteiger partial charge in [-0.1, -0.05) is 0 Å². The number of nitrogens with zero attached hydrogens (tertiary/aromatic N) is 7. The van der Waals surface area contributed by atoms with E-state index < -0.39 is 0 Å². The third-order valence-electron chi connectivity index (χ3n) is 8.13. The van der Waals surface area contributed by atoms with E-state index in [9.17, 15) is 9.59 Å². The van der Waals surface area contributed by atoms with E-state index in [1.807, 2.05) is 37.4 Å². The van der Waals surface area contributed by atoms with E-state index in [1.165, 1.54) is 0 Å². The summed E-state index contributed by atoms with van der Waals surface area (Å²) >= 11 is 0. The molecule has 5 aromatic rings. The van der Waals surface area contributed by atoms with Crippen LogP contribution in [0.1, 0.15) is 23.8 Å². The van der Waals surface area contributed by atoms with Gasteiger partial charge in [-0.25, -0.2) is 14.2 Å². The Hall–Kier alpha value is -5.24. The number of nitrogens with one attached hydrogen (secondary N) is 2. The van der Waals surface area contributed by atoms with Crippen LogP contribution < -0.4 is 20.1 Å². The van der Waals surface area contributed by atoms with Crippen LogP contribution in [-0.4, -0.2) is 99.2 Å². The minimum Gasteiger partial charge on any atom is -0.494 e. The molecule has 4 aromatic heterocycles. The molecule has 7 rings (SSSR count). The number of ether oxygens (including phenoxy) is 3. The Morgan fingerprint density at radius 2 is 2.11 bits per heavy atom. The van der Waals surface area contributed by atoms with Gasteiger partial charge in [-0.05, 0) is 32.0 Å². The summed E-state index contributed by atoms with van der Waals surface area (Å²) in [6.45, 7) is 5.79. The van der Waals surface area contributed by atoms with E-state index in [2.05, 4.69) is 25.6 Å². The van der Waals surface area contributed by atoms with Gasteiger partial charge in [0.25, 0.3) is 5.91 Å². The highest BCUT2D eigenvalue weighted by Gasteiger charge is 2.29. The van der Waals surface area contributed by atoms with Gasteiger partial charge in [0.05, 0.1) is 53.7 Å². The Morgan fingerprint density at radius 1 is 1.20 bits per heavy atom. The minimum atomic E-state index is -0.332. The van der Waals surface area contributed by atoms with Crippen LogP contribution in [0.25, 0.3) is 33.5 Å². The zero-order chi connectivity index (χ0) is 30.9. The third-order valence-corrected chi connectivity index (χ3v) is 8.13. The second kappa shape index (κ2) is 12.0. The summed E-state index contributed by atoms with van der Waals surface area (Å²) in [5.41, 5.74) is 4.35. The molecule has 14 nitrogen and oxygen atoms in total. The average molecular weight is 612 g/mol. The van der Waals surface area contributed by atoms with E-state index in [0.29, 0.717) is 78.8 Å². The highest BCUT2D eigenvalue weighted by Crippen LogP contribution is 2.38. The predicted molar refractivity (Wildman–Crippen MR) is 165 cm³/mol. The maximum absolute atomic E-state index is 13.6. The van der Waals surface area contributed by atoms with Crippen LogP contribution in [-0.2, 0) is 9.53 Å². The number of hydrogen-bond acceptors (Lipinski definition) is 11. The largest absolute Gasteiger partial charge is 0.494 e. The summed E-state index contributed by atoms with van der Waals surface area (Å²) in [7, 11) is 1.59. The van der Waals surface area contributed by atoms with E-state index in [0.717, 1.165) is 24.2 Å². The number of rotatable bonds is 9. The summed E-state index contributed by atoms with van der Waals surface area (Å²) in [4.78, 5) is 37.1. The number of benzene rings is 1. The highest BCUT2D eigenvalue weighted by atomic mass is 16.5. The maximum atomic E-state index is 13.6. The number of likely N-dealkylation sites (tertiary alicyclic amines) is 1. The standard InChI is InChI=1S/C31H33N9O5/c1-3-44-31(42)19-5-10-38(18-19)11-7-34-30(41)28-21-16-35-22(20-17-36-39-9-4-6-33-29(20)39)13-24(21)40(37-28)25-15-26-23(14-27(25)43-2)32-8-12-45-26/h4,6,9,13-17,19,32H,3,5,7-8,10-12,18H2,1-2H3,(H,34,41). The maximum Gasteiger partial charge on any atom is 0.310 e. The number of amides is 1. The van der Waals surface area contributed by atoms with Gasteiger partial charge in [0, 0.05) is 56.9 Å². The minimum absolute atomic E-state index is 0.130. The monoisotopic (exact) mass is 611 g/mol. The highest BCUT2D eigenvalue weighted by molar-refractivity contribution is 6.05. The van der Waals surface area contributed by atoms with Crippen molar-refractivity contribution in [2.75, 3.05) is 58.4 Å². The molecule has 0 spiro atoms. The molecule has 0 bridgehead atoms. The van der Waals surface area contributed by atoms with Crippen molar-refractivity contribution in [3.63, 3.8) is 0 Å². The number of esters is 1. The molecule has 2 aliphatic rings. The first-order valence-electron chi connectivity index (χ1n) is 15.0. The smallest absolute Gasteiger partial charge is 0.310 e. The fraction of sp³-hybridized carbons (Fsp3) is 0.355. The molecule has 0 saturated carbocycles. The topological polar surface area (TPSA) is 150 Å². The van der Waals surface area contributed by atoms with Crippen LogP contribution in [0.4, 0.5) is 5.69 Å². The van der Waals surface area contributed by atoms with Crippen molar-refractivity contribution >= 4 is 34.1 Å². The second-order valence-electron chi connectivity index (χ2n) is 10.9. The lowest BCUT2D eigenvalue weighted by atomic mass is 10.1. The van der Waals surface area contributed by atoms with Gasteiger partial charge in [-0.3, -0.25) is 14.6 Å². The number of fused-ring (bicyclic) bond motifs is 3. The Balaban J connectivity index is 1.22. The molecule has 6 heterocycles. The Labute approximate surface area is 258 Å². The van der Waals surface area contributed by atoms with Crippen molar-refractivity contribution in [1.29, 1.82) is 0 Å². The number of aromatic nitrogens is 6. The number of carbonyl (C=O) groups excluding carboxylic acids is 2. The molecule has 0 aliphatic carbocycles. The van der Waals surface area contributed by atoms with Crippen molar-refractivity contribution in [1.82, 2.24) is 39.6 Å². The molecular formula is C31H33N9O5. The molecule has 1 atom stereocenters. The van der Waals surface area contributed by atoms with Crippen molar-refractivity contribution in [3.8, 4) is 28.4 Å². The van der Waals surface area contributed by atoms with Crippen molar-refractivity contribution in [2.45, 2.75) is 13.3 Å². The lowest BCUT2D eigenvalue weighted by molar-refractivity contribution is -0.147. The van der Waals surface area contributed by atoms with E-state index in [-0.39, 0.29) is 23.5 Å². The van der Waals surface area contributed by atoms with Crippen LogP contribution >= 0.6 is 0 Å². The van der Waals surface area contributed by atoms with Crippen LogP contribution in [0, 0.1) is 5.92 Å². The van der Waals surface area contributed by atoms with Gasteiger partial charge >= 0.3 is 5.97 Å². The van der Waals surface area contributed by atoms with Crippen molar-refractivity contribution in [3.05, 3.63) is 54.7 Å². The fourth-order valence-corrected chi connectivity index (χ4v) is 5.90. The predicted octanol–water partition coefficient (Wildman–Crippen LogP) is 2.56. The van der Waals surface area contributed by atoms with Gasteiger partial charge in [0.1, 0.15) is 23.8 Å². The Morgan fingerprint density at radius 3 is 2.98 bits per heavy atom. The SMILES string of the molecule is CCOC(=O)C1CCN(CCNC(=O)c2nn(-c3cc4c(cc3OC)NCCO4)c3cc(-c4cnn5cccnc45)ncc23)C1. The zero-order valence-corrected chi connectivity index (χ0v) is 25.0. The fourth-order valence-electron chi connectivity index (χ4n) is 5.90. The molecule has 45 heavy (non-hydrogen) atoms. The number of carbonyl (C=O) groups is 2. The molecule has 1 unspecified atom stereocenters. The summed E-state index contributed by atoms with van der Waals surface area (Å²) in [6, 6.07) is 7.41. The first kappa shape index (κ1) is 28.5. The Bertz CT molecular complexity index is 1900. The van der Waals surface area contributed by atoms with Crippen molar-refractivity contribution < 1.29 is 23.8 Å². The molecule has 2 N–H and O–H groups in total.